The van der Waals surface area contributed by atoms with Crippen LogP contribution in [0.4, 0.5) is 17.6 Å². The van der Waals surface area contributed by atoms with Crippen molar-refractivity contribution in [2.24, 2.45) is 0 Å². The highest BCUT2D eigenvalue weighted by Crippen LogP contribution is 2.46. The third-order valence-corrected chi connectivity index (χ3v) is 3.68. The van der Waals surface area contributed by atoms with Gasteiger partial charge >= 0.3 is 6.18 Å². The Morgan fingerprint density at radius 2 is 1.85 bits per heavy atom. The van der Waals surface area contributed by atoms with E-state index in [4.69, 9.17) is 11.6 Å². The zero-order valence-corrected chi connectivity index (χ0v) is 11.3. The van der Waals surface area contributed by atoms with Gasteiger partial charge in [-0.2, -0.15) is 13.2 Å². The van der Waals surface area contributed by atoms with Crippen molar-refractivity contribution >= 4 is 23.4 Å². The average Bonchev–Trinajstić information content (AvgIpc) is 2.36. The summed E-state index contributed by atoms with van der Waals surface area (Å²) in [6, 6.07) is 6.08. The fraction of sp³-hybridized carbons (Fsp3) is 0.167. The summed E-state index contributed by atoms with van der Waals surface area (Å²) in [5.41, 5.74) is -0.464. The van der Waals surface area contributed by atoms with E-state index in [1.54, 1.807) is 0 Å². The molecule has 0 aliphatic carbocycles. The first-order valence-electron chi connectivity index (χ1n) is 5.34. The van der Waals surface area contributed by atoms with E-state index < -0.39 is 22.8 Å². The third kappa shape index (κ3) is 3.61. The maximum absolute atomic E-state index is 13.6. The summed E-state index contributed by atoms with van der Waals surface area (Å²) >= 11 is 5.91. The van der Waals surface area contributed by atoms with E-state index in [2.05, 4.69) is 9.97 Å². The predicted octanol–water partition coefficient (Wildman–Crippen LogP) is 4.66. The SMILES string of the molecule is Fc1ccccc1C(Sc1nccc(Cl)n1)C(F)(F)F. The molecule has 1 aromatic carbocycles. The van der Waals surface area contributed by atoms with Gasteiger partial charge < -0.3 is 0 Å². The number of thioether (sulfide) groups is 1. The number of hydrogen-bond donors (Lipinski definition) is 0. The molecule has 0 saturated carbocycles. The number of benzene rings is 1. The third-order valence-electron chi connectivity index (χ3n) is 2.31. The molecule has 1 heterocycles. The molecule has 1 unspecified atom stereocenters. The van der Waals surface area contributed by atoms with Crippen LogP contribution in [0.5, 0.6) is 0 Å². The van der Waals surface area contributed by atoms with Crippen molar-refractivity contribution in [2.75, 3.05) is 0 Å². The Hall–Kier alpha value is -1.34. The van der Waals surface area contributed by atoms with Crippen LogP contribution in [-0.4, -0.2) is 16.1 Å². The molecule has 0 spiro atoms. The van der Waals surface area contributed by atoms with Crippen molar-refractivity contribution in [3.8, 4) is 0 Å². The van der Waals surface area contributed by atoms with Crippen LogP contribution in [0.1, 0.15) is 10.8 Å². The Morgan fingerprint density at radius 1 is 1.15 bits per heavy atom. The number of aromatic nitrogens is 2. The van der Waals surface area contributed by atoms with Crippen molar-refractivity contribution in [1.29, 1.82) is 0 Å². The van der Waals surface area contributed by atoms with Crippen LogP contribution in [0.2, 0.25) is 5.15 Å². The molecular formula is C12H7ClF4N2S. The second kappa shape index (κ2) is 5.97. The zero-order chi connectivity index (χ0) is 14.8. The maximum atomic E-state index is 13.6. The van der Waals surface area contributed by atoms with E-state index in [0.29, 0.717) is 11.8 Å². The highest BCUT2D eigenvalue weighted by Gasteiger charge is 2.43. The first-order valence-corrected chi connectivity index (χ1v) is 6.60. The summed E-state index contributed by atoms with van der Waals surface area (Å²) in [7, 11) is 0. The molecule has 0 saturated heterocycles. The van der Waals surface area contributed by atoms with Crippen molar-refractivity contribution in [1.82, 2.24) is 9.97 Å². The summed E-state index contributed by atoms with van der Waals surface area (Å²) in [5, 5.41) is -2.23. The number of nitrogens with zero attached hydrogens (tertiary/aromatic N) is 2. The Balaban J connectivity index is 2.37. The lowest BCUT2D eigenvalue weighted by Gasteiger charge is -2.19. The van der Waals surface area contributed by atoms with Gasteiger partial charge in [0.05, 0.1) is 0 Å². The van der Waals surface area contributed by atoms with Crippen molar-refractivity contribution in [3.63, 3.8) is 0 Å². The predicted molar refractivity (Wildman–Crippen MR) is 68.1 cm³/mol. The minimum atomic E-state index is -4.64. The first-order chi connectivity index (χ1) is 9.38. The molecule has 0 fully saturated rings. The van der Waals surface area contributed by atoms with E-state index in [1.165, 1.54) is 24.4 Å². The van der Waals surface area contributed by atoms with Crippen LogP contribution in [0.3, 0.4) is 0 Å². The zero-order valence-electron chi connectivity index (χ0n) is 9.73. The van der Waals surface area contributed by atoms with E-state index in [9.17, 15) is 17.6 Å². The van der Waals surface area contributed by atoms with Gasteiger partial charge in [0.15, 0.2) is 5.16 Å². The van der Waals surface area contributed by atoms with Gasteiger partial charge in [-0.3, -0.25) is 0 Å². The van der Waals surface area contributed by atoms with Gasteiger partial charge in [0, 0.05) is 11.8 Å². The molecule has 0 radical (unpaired) electrons. The van der Waals surface area contributed by atoms with Crippen LogP contribution < -0.4 is 0 Å². The Kier molecular flexibility index (Phi) is 4.49. The summed E-state index contributed by atoms with van der Waals surface area (Å²) in [6.07, 6.45) is -3.40. The molecule has 2 aromatic rings. The van der Waals surface area contributed by atoms with E-state index in [1.807, 2.05) is 0 Å². The monoisotopic (exact) mass is 322 g/mol. The highest BCUT2D eigenvalue weighted by molar-refractivity contribution is 7.99. The van der Waals surface area contributed by atoms with Gasteiger partial charge in [0.25, 0.3) is 0 Å². The van der Waals surface area contributed by atoms with Gasteiger partial charge in [-0.25, -0.2) is 14.4 Å². The molecule has 0 N–H and O–H groups in total. The molecule has 1 atom stereocenters. The summed E-state index contributed by atoms with van der Waals surface area (Å²) < 4.78 is 52.9. The maximum Gasteiger partial charge on any atom is 0.405 e. The van der Waals surface area contributed by atoms with Crippen LogP contribution in [0, 0.1) is 5.82 Å². The lowest BCUT2D eigenvalue weighted by atomic mass is 10.1. The summed E-state index contributed by atoms with van der Waals surface area (Å²) in [5.74, 6) is -0.927. The smallest absolute Gasteiger partial charge is 0.231 e. The van der Waals surface area contributed by atoms with E-state index in [-0.39, 0.29) is 10.3 Å². The average molecular weight is 323 g/mol. The normalized spacial score (nSPS) is 13.2. The van der Waals surface area contributed by atoms with Gasteiger partial charge in [-0.05, 0) is 12.1 Å². The quantitative estimate of drug-likeness (QED) is 0.355. The molecule has 0 aliphatic rings. The molecule has 20 heavy (non-hydrogen) atoms. The number of hydrogen-bond acceptors (Lipinski definition) is 3. The second-order valence-corrected chi connectivity index (χ2v) is 5.18. The van der Waals surface area contributed by atoms with Crippen LogP contribution in [-0.2, 0) is 0 Å². The fourth-order valence-electron chi connectivity index (χ4n) is 1.48. The molecule has 8 heteroatoms. The van der Waals surface area contributed by atoms with E-state index in [0.717, 1.165) is 12.1 Å². The molecule has 1 aromatic heterocycles. The molecular weight excluding hydrogens is 316 g/mol. The summed E-state index contributed by atoms with van der Waals surface area (Å²) in [4.78, 5) is 7.37. The lowest BCUT2D eigenvalue weighted by Crippen LogP contribution is -2.19. The Morgan fingerprint density at radius 3 is 2.45 bits per heavy atom. The minimum Gasteiger partial charge on any atom is -0.231 e. The van der Waals surface area contributed by atoms with Crippen molar-refractivity contribution < 1.29 is 17.6 Å². The molecule has 0 aliphatic heterocycles. The second-order valence-electron chi connectivity index (χ2n) is 3.72. The van der Waals surface area contributed by atoms with Crippen LogP contribution in [0.25, 0.3) is 0 Å². The lowest BCUT2D eigenvalue weighted by molar-refractivity contribution is -0.130. The van der Waals surface area contributed by atoms with Gasteiger partial charge in [0.2, 0.25) is 0 Å². The van der Waals surface area contributed by atoms with Crippen molar-refractivity contribution in [3.05, 3.63) is 53.1 Å². The number of halogens is 5. The topological polar surface area (TPSA) is 25.8 Å². The van der Waals surface area contributed by atoms with Crippen molar-refractivity contribution in [2.45, 2.75) is 16.6 Å². The Bertz CT molecular complexity index is 606. The molecule has 2 rings (SSSR count). The summed E-state index contributed by atoms with van der Waals surface area (Å²) in [6.45, 7) is 0. The fourth-order valence-corrected chi connectivity index (χ4v) is 2.60. The molecule has 2 nitrogen and oxygen atoms in total. The van der Waals surface area contributed by atoms with Gasteiger partial charge in [-0.15, -0.1) is 0 Å². The number of rotatable bonds is 3. The molecule has 0 amide bonds. The van der Waals surface area contributed by atoms with E-state index >= 15 is 0 Å². The minimum absolute atomic E-state index is 0.0250. The van der Waals surface area contributed by atoms with Crippen LogP contribution >= 0.6 is 23.4 Å². The van der Waals surface area contributed by atoms with Crippen LogP contribution in [0.15, 0.2) is 41.7 Å². The first kappa shape index (κ1) is 15.1. The number of alkyl halides is 3. The highest BCUT2D eigenvalue weighted by atomic mass is 35.5. The standard InChI is InChI=1S/C12H7ClF4N2S/c13-9-5-6-18-11(19-9)20-10(12(15,16)17)7-3-1-2-4-8(7)14/h1-6,10H. The van der Waals surface area contributed by atoms with Gasteiger partial charge in [-0.1, -0.05) is 41.6 Å². The van der Waals surface area contributed by atoms with Gasteiger partial charge in [0.1, 0.15) is 16.2 Å². The molecule has 0 bridgehead atoms. The Labute approximate surface area is 121 Å². The largest absolute Gasteiger partial charge is 0.405 e. The molecule has 106 valence electrons.